The quantitative estimate of drug-likeness (QED) is 0.131. The van der Waals surface area contributed by atoms with E-state index in [1.807, 2.05) is 0 Å². The maximum absolute atomic E-state index is 2.47. The molecule has 2 nitrogen and oxygen atoms in total. The molecule has 0 saturated carbocycles. The van der Waals surface area contributed by atoms with Crippen molar-refractivity contribution in [3.05, 3.63) is 18.2 Å². The predicted molar refractivity (Wildman–Crippen MR) is 133 cm³/mol. The highest BCUT2D eigenvalue weighted by atomic mass is 15.1. The molecule has 0 aromatic carbocycles. The summed E-state index contributed by atoms with van der Waals surface area (Å²) in [5.74, 6) is 1.45. The normalized spacial score (nSPS) is 11.4. The van der Waals surface area contributed by atoms with Gasteiger partial charge >= 0.3 is 0 Å². The molecule has 0 unspecified atom stereocenters. The van der Waals surface area contributed by atoms with Crippen LogP contribution in [0.15, 0.2) is 12.4 Å². The smallest absolute Gasteiger partial charge is 0.234 e. The number of hydrogen-bond donors (Lipinski definition) is 0. The third kappa shape index (κ3) is 14.3. The van der Waals surface area contributed by atoms with Crippen molar-refractivity contribution in [2.24, 2.45) is 0 Å². The summed E-state index contributed by atoms with van der Waals surface area (Å²) in [5.41, 5.74) is 0. The summed E-state index contributed by atoms with van der Waals surface area (Å²) >= 11 is 0. The second kappa shape index (κ2) is 20.1. The Bertz CT molecular complexity index is 477. The molecule has 0 fully saturated rings. The van der Waals surface area contributed by atoms with Gasteiger partial charge < -0.3 is 0 Å². The van der Waals surface area contributed by atoms with E-state index in [0.29, 0.717) is 0 Å². The standard InChI is InChI=1S/C28H55N2/c1-4-6-8-10-12-14-15-16-17-19-21-23-25-30-27-26-29(28(30)3)24-22-20-18-13-11-9-7-5-2/h26-27H,4-25H2,1-3H3/q+1. The minimum absolute atomic E-state index is 1.20. The second-order valence-corrected chi connectivity index (χ2v) is 9.60. The molecule has 0 bridgehead atoms. The molecule has 0 spiro atoms. The van der Waals surface area contributed by atoms with Gasteiger partial charge in [-0.3, -0.25) is 0 Å². The number of unbranched alkanes of at least 4 members (excludes halogenated alkanes) is 18. The third-order valence-corrected chi connectivity index (χ3v) is 6.76. The van der Waals surface area contributed by atoms with Gasteiger partial charge in [0.25, 0.3) is 5.82 Å². The highest BCUT2D eigenvalue weighted by Crippen LogP contribution is 2.12. The molecule has 0 radical (unpaired) electrons. The number of aryl methyl sites for hydroxylation is 2. The van der Waals surface area contributed by atoms with E-state index in [9.17, 15) is 0 Å². The van der Waals surface area contributed by atoms with E-state index in [1.165, 1.54) is 147 Å². The molecule has 0 N–H and O–H groups in total. The molecule has 0 aliphatic rings. The van der Waals surface area contributed by atoms with Crippen LogP contribution in [0.25, 0.3) is 0 Å². The highest BCUT2D eigenvalue weighted by molar-refractivity contribution is 4.79. The largest absolute Gasteiger partial charge is 0.253 e. The molecular weight excluding hydrogens is 364 g/mol. The first-order valence-corrected chi connectivity index (χ1v) is 13.8. The van der Waals surface area contributed by atoms with E-state index in [0.717, 1.165) is 0 Å². The van der Waals surface area contributed by atoms with Gasteiger partial charge in [0, 0.05) is 6.92 Å². The Balaban J connectivity index is 1.96. The average Bonchev–Trinajstić information content (AvgIpc) is 3.10. The number of imidazole rings is 1. The molecule has 30 heavy (non-hydrogen) atoms. The van der Waals surface area contributed by atoms with Crippen molar-refractivity contribution in [3.63, 3.8) is 0 Å². The van der Waals surface area contributed by atoms with Crippen LogP contribution in [0.3, 0.4) is 0 Å². The zero-order valence-electron chi connectivity index (χ0n) is 21.1. The predicted octanol–water partition coefficient (Wildman–Crippen LogP) is 8.93. The maximum Gasteiger partial charge on any atom is 0.253 e. The Morgan fingerprint density at radius 1 is 0.567 bits per heavy atom. The van der Waals surface area contributed by atoms with Gasteiger partial charge in [-0.2, -0.15) is 0 Å². The van der Waals surface area contributed by atoms with Crippen LogP contribution >= 0.6 is 0 Å². The first kappa shape index (κ1) is 27.2. The number of hydrogen-bond acceptors (Lipinski definition) is 0. The average molecular weight is 420 g/mol. The van der Waals surface area contributed by atoms with Gasteiger partial charge in [0.05, 0.1) is 13.1 Å². The summed E-state index contributed by atoms with van der Waals surface area (Å²) in [6, 6.07) is 0. The molecular formula is C28H55N2+. The molecule has 176 valence electrons. The van der Waals surface area contributed by atoms with E-state index in [1.54, 1.807) is 0 Å². The second-order valence-electron chi connectivity index (χ2n) is 9.60. The molecule has 0 aliphatic heterocycles. The zero-order valence-corrected chi connectivity index (χ0v) is 21.1. The summed E-state index contributed by atoms with van der Waals surface area (Å²) in [6.45, 7) is 9.29. The molecule has 1 aromatic rings. The van der Waals surface area contributed by atoms with E-state index in [2.05, 4.69) is 42.3 Å². The van der Waals surface area contributed by atoms with Crippen molar-refractivity contribution in [2.45, 2.75) is 162 Å². The van der Waals surface area contributed by atoms with Gasteiger partial charge in [0.15, 0.2) is 0 Å². The van der Waals surface area contributed by atoms with Crippen LogP contribution in [0.4, 0.5) is 0 Å². The van der Waals surface area contributed by atoms with Crippen molar-refractivity contribution in [3.8, 4) is 0 Å². The lowest BCUT2D eigenvalue weighted by molar-refractivity contribution is -0.702. The Kier molecular flexibility index (Phi) is 18.3. The van der Waals surface area contributed by atoms with Crippen molar-refractivity contribution >= 4 is 0 Å². The third-order valence-electron chi connectivity index (χ3n) is 6.76. The lowest BCUT2D eigenvalue weighted by Crippen LogP contribution is -2.35. The fraction of sp³-hybridized carbons (Fsp3) is 0.893. The van der Waals surface area contributed by atoms with Crippen molar-refractivity contribution < 1.29 is 4.57 Å². The molecule has 1 aromatic heterocycles. The van der Waals surface area contributed by atoms with Crippen molar-refractivity contribution in [1.29, 1.82) is 0 Å². The van der Waals surface area contributed by atoms with Crippen LogP contribution in [-0.2, 0) is 13.1 Å². The van der Waals surface area contributed by atoms with Gasteiger partial charge in [0.1, 0.15) is 12.4 Å². The molecule has 0 atom stereocenters. The molecule has 1 heterocycles. The van der Waals surface area contributed by atoms with Gasteiger partial charge in [-0.15, -0.1) is 0 Å². The Morgan fingerprint density at radius 2 is 0.967 bits per heavy atom. The molecule has 2 heteroatoms. The maximum atomic E-state index is 2.47. The number of aromatic nitrogens is 2. The molecule has 0 saturated heterocycles. The van der Waals surface area contributed by atoms with Crippen LogP contribution in [0, 0.1) is 6.92 Å². The first-order chi connectivity index (χ1) is 14.8. The van der Waals surface area contributed by atoms with Crippen LogP contribution in [-0.4, -0.2) is 4.57 Å². The van der Waals surface area contributed by atoms with Crippen molar-refractivity contribution in [1.82, 2.24) is 4.57 Å². The first-order valence-electron chi connectivity index (χ1n) is 13.8. The number of rotatable bonds is 22. The summed E-state index contributed by atoms with van der Waals surface area (Å²) in [6.07, 6.45) is 33.0. The van der Waals surface area contributed by atoms with Crippen LogP contribution in [0.1, 0.15) is 148 Å². The Morgan fingerprint density at radius 3 is 1.43 bits per heavy atom. The minimum Gasteiger partial charge on any atom is -0.234 e. The zero-order chi connectivity index (χ0) is 21.7. The molecule has 1 rings (SSSR count). The fourth-order valence-electron chi connectivity index (χ4n) is 4.55. The van der Waals surface area contributed by atoms with Crippen molar-refractivity contribution in [2.75, 3.05) is 0 Å². The summed E-state index contributed by atoms with van der Waals surface area (Å²) in [7, 11) is 0. The highest BCUT2D eigenvalue weighted by Gasteiger charge is 2.11. The Hall–Kier alpha value is -0.790. The van der Waals surface area contributed by atoms with Crippen LogP contribution in [0.2, 0.25) is 0 Å². The van der Waals surface area contributed by atoms with E-state index < -0.39 is 0 Å². The van der Waals surface area contributed by atoms with Gasteiger partial charge in [0.2, 0.25) is 0 Å². The van der Waals surface area contributed by atoms with Gasteiger partial charge in [-0.05, 0) is 25.7 Å². The SMILES string of the molecule is CCCCCCCCCCCCCC[n+]1ccn(CCCCCCCCCC)c1C. The van der Waals surface area contributed by atoms with Crippen LogP contribution < -0.4 is 4.57 Å². The summed E-state index contributed by atoms with van der Waals surface area (Å²) in [5, 5.41) is 0. The number of nitrogens with zero attached hydrogens (tertiary/aromatic N) is 2. The minimum atomic E-state index is 1.20. The molecule has 0 amide bonds. The van der Waals surface area contributed by atoms with Gasteiger partial charge in [-0.25, -0.2) is 9.13 Å². The lowest BCUT2D eigenvalue weighted by atomic mass is 10.1. The van der Waals surface area contributed by atoms with E-state index >= 15 is 0 Å². The summed E-state index contributed by atoms with van der Waals surface area (Å²) < 4.78 is 4.94. The van der Waals surface area contributed by atoms with E-state index in [4.69, 9.17) is 0 Å². The lowest BCUT2D eigenvalue weighted by Gasteiger charge is -2.04. The Labute approximate surface area is 189 Å². The summed E-state index contributed by atoms with van der Waals surface area (Å²) in [4.78, 5) is 0. The molecule has 0 aliphatic carbocycles. The monoisotopic (exact) mass is 419 g/mol. The van der Waals surface area contributed by atoms with E-state index in [-0.39, 0.29) is 0 Å². The topological polar surface area (TPSA) is 8.81 Å². The van der Waals surface area contributed by atoms with Gasteiger partial charge in [-0.1, -0.05) is 117 Å². The fourth-order valence-corrected chi connectivity index (χ4v) is 4.55. The van der Waals surface area contributed by atoms with Crippen LogP contribution in [0.5, 0.6) is 0 Å².